The highest BCUT2D eigenvalue weighted by Gasteiger charge is 2.28. The third kappa shape index (κ3) is 6.86. The summed E-state index contributed by atoms with van der Waals surface area (Å²) in [6.45, 7) is 2.51. The van der Waals surface area contributed by atoms with Crippen molar-refractivity contribution in [2.24, 2.45) is 5.92 Å². The predicted molar refractivity (Wildman–Crippen MR) is 121 cm³/mol. The van der Waals surface area contributed by atoms with E-state index in [1.54, 1.807) is 11.8 Å². The summed E-state index contributed by atoms with van der Waals surface area (Å²) < 4.78 is 37.7. The molecule has 1 fully saturated rings. The highest BCUT2D eigenvalue weighted by atomic mass is 32.2. The number of hydrogen-bond acceptors (Lipinski definition) is 8. The lowest BCUT2D eigenvalue weighted by Gasteiger charge is -2.30. The molecule has 0 atom stereocenters. The number of benzene rings is 1. The molecule has 0 saturated carbocycles. The third-order valence-corrected chi connectivity index (χ3v) is 7.47. The molecule has 33 heavy (non-hydrogen) atoms. The molecule has 1 aromatic carbocycles. The normalized spacial score (nSPS) is 14.6. The summed E-state index contributed by atoms with van der Waals surface area (Å²) in [5, 5.41) is 1.85. The van der Waals surface area contributed by atoms with Crippen molar-refractivity contribution in [1.29, 1.82) is 0 Å². The molecule has 1 N–H and O–H groups in total. The van der Waals surface area contributed by atoms with E-state index in [1.807, 2.05) is 17.5 Å². The molecular weight excluding hydrogens is 468 g/mol. The number of ether oxygens (including phenoxy) is 2. The number of piperidine rings is 1. The second kappa shape index (κ2) is 11.4. The number of nitrogens with zero attached hydrogens (tertiary/aromatic N) is 1. The standard InChI is InChI=1S/C22H26N2O7S2/c1-2-30-21(26)16-8-10-24(11-9-16)20(25)15-31-22(27)17-5-3-7-19(13-17)33(28,29)23-14-18-6-4-12-32-18/h3-7,12-13,16,23H,2,8-11,14-15H2,1H3. The summed E-state index contributed by atoms with van der Waals surface area (Å²) in [6.07, 6.45) is 0.994. The lowest BCUT2D eigenvalue weighted by molar-refractivity contribution is -0.151. The van der Waals surface area contributed by atoms with Gasteiger partial charge in [-0.2, -0.15) is 0 Å². The molecule has 0 bridgehead atoms. The first-order chi connectivity index (χ1) is 15.8. The van der Waals surface area contributed by atoms with E-state index in [0.717, 1.165) is 4.88 Å². The van der Waals surface area contributed by atoms with Crippen molar-refractivity contribution in [2.75, 3.05) is 26.3 Å². The van der Waals surface area contributed by atoms with Gasteiger partial charge in [0.15, 0.2) is 6.61 Å². The van der Waals surface area contributed by atoms with Crippen LogP contribution in [-0.4, -0.2) is 57.5 Å². The Kier molecular flexibility index (Phi) is 8.59. The van der Waals surface area contributed by atoms with Gasteiger partial charge in [-0.05, 0) is 49.4 Å². The zero-order valence-electron chi connectivity index (χ0n) is 18.2. The predicted octanol–water partition coefficient (Wildman–Crippen LogP) is 2.19. The molecule has 1 amide bonds. The minimum Gasteiger partial charge on any atom is -0.466 e. The molecule has 11 heteroatoms. The van der Waals surface area contributed by atoms with Crippen molar-refractivity contribution in [3.8, 4) is 0 Å². The molecule has 2 heterocycles. The van der Waals surface area contributed by atoms with Crippen molar-refractivity contribution in [3.63, 3.8) is 0 Å². The average Bonchev–Trinajstić information content (AvgIpc) is 3.35. The molecule has 3 rings (SSSR count). The van der Waals surface area contributed by atoms with Gasteiger partial charge in [-0.1, -0.05) is 12.1 Å². The Morgan fingerprint density at radius 2 is 1.88 bits per heavy atom. The number of carbonyl (C=O) groups is 3. The van der Waals surface area contributed by atoms with Gasteiger partial charge in [0.25, 0.3) is 5.91 Å². The number of esters is 2. The smallest absolute Gasteiger partial charge is 0.338 e. The summed E-state index contributed by atoms with van der Waals surface area (Å²) in [5.41, 5.74) is 0.0304. The molecular formula is C22H26N2O7S2. The Morgan fingerprint density at radius 1 is 1.12 bits per heavy atom. The van der Waals surface area contributed by atoms with Crippen LogP contribution < -0.4 is 4.72 Å². The van der Waals surface area contributed by atoms with Gasteiger partial charge in [0, 0.05) is 24.5 Å². The molecule has 0 spiro atoms. The van der Waals surface area contributed by atoms with E-state index in [9.17, 15) is 22.8 Å². The Hall–Kier alpha value is -2.76. The largest absolute Gasteiger partial charge is 0.466 e. The molecule has 9 nitrogen and oxygen atoms in total. The van der Waals surface area contributed by atoms with E-state index >= 15 is 0 Å². The van der Waals surface area contributed by atoms with Crippen LogP contribution in [0.2, 0.25) is 0 Å². The molecule has 2 aromatic rings. The maximum atomic E-state index is 12.5. The second-order valence-electron chi connectivity index (χ2n) is 7.41. The van der Waals surface area contributed by atoms with Crippen LogP contribution in [0.1, 0.15) is 35.0 Å². The van der Waals surface area contributed by atoms with E-state index < -0.39 is 22.6 Å². The Bertz CT molecular complexity index is 1080. The Labute approximate surface area is 196 Å². The van der Waals surface area contributed by atoms with Crippen LogP contribution in [0.5, 0.6) is 0 Å². The number of likely N-dealkylation sites (tertiary alicyclic amines) is 1. The Balaban J connectivity index is 1.51. The van der Waals surface area contributed by atoms with Crippen LogP contribution in [0.15, 0.2) is 46.7 Å². The number of sulfonamides is 1. The first-order valence-electron chi connectivity index (χ1n) is 10.5. The van der Waals surface area contributed by atoms with Crippen LogP contribution in [0, 0.1) is 5.92 Å². The fourth-order valence-corrected chi connectivity index (χ4v) is 5.17. The van der Waals surface area contributed by atoms with E-state index in [1.165, 1.54) is 35.6 Å². The number of amides is 1. The topological polar surface area (TPSA) is 119 Å². The van der Waals surface area contributed by atoms with Crippen molar-refractivity contribution in [3.05, 3.63) is 52.2 Å². The van der Waals surface area contributed by atoms with E-state index in [2.05, 4.69) is 4.72 Å². The molecule has 1 saturated heterocycles. The molecule has 178 valence electrons. The number of carbonyl (C=O) groups excluding carboxylic acids is 3. The maximum Gasteiger partial charge on any atom is 0.338 e. The van der Waals surface area contributed by atoms with Crippen molar-refractivity contribution < 1.29 is 32.3 Å². The van der Waals surface area contributed by atoms with Gasteiger partial charge in [0.2, 0.25) is 10.0 Å². The van der Waals surface area contributed by atoms with Gasteiger partial charge in [-0.25, -0.2) is 17.9 Å². The summed E-state index contributed by atoms with van der Waals surface area (Å²) in [4.78, 5) is 38.9. The molecule has 0 aliphatic carbocycles. The third-order valence-electron chi connectivity index (χ3n) is 5.19. The first kappa shape index (κ1) is 24.9. The van der Waals surface area contributed by atoms with Crippen molar-refractivity contribution in [2.45, 2.75) is 31.2 Å². The van der Waals surface area contributed by atoms with E-state index in [0.29, 0.717) is 32.5 Å². The minimum atomic E-state index is -3.82. The number of hydrogen-bond donors (Lipinski definition) is 1. The molecule has 0 radical (unpaired) electrons. The van der Waals surface area contributed by atoms with Crippen LogP contribution in [0.4, 0.5) is 0 Å². The first-order valence-corrected chi connectivity index (χ1v) is 12.9. The quantitative estimate of drug-likeness (QED) is 0.531. The molecule has 1 aromatic heterocycles. The highest BCUT2D eigenvalue weighted by molar-refractivity contribution is 7.89. The van der Waals surface area contributed by atoms with Crippen molar-refractivity contribution >= 4 is 39.2 Å². The lowest BCUT2D eigenvalue weighted by Crippen LogP contribution is -2.42. The van der Waals surface area contributed by atoms with Gasteiger partial charge in [-0.3, -0.25) is 9.59 Å². The lowest BCUT2D eigenvalue weighted by atomic mass is 9.97. The van der Waals surface area contributed by atoms with Gasteiger partial charge in [0.1, 0.15) is 0 Å². The molecule has 1 aliphatic heterocycles. The number of nitrogens with one attached hydrogen (secondary N) is 1. The minimum absolute atomic E-state index is 0.0304. The number of thiophene rings is 1. The van der Waals surface area contributed by atoms with Gasteiger partial charge in [-0.15, -0.1) is 11.3 Å². The Morgan fingerprint density at radius 3 is 2.55 bits per heavy atom. The number of rotatable bonds is 9. The van der Waals surface area contributed by atoms with Crippen molar-refractivity contribution in [1.82, 2.24) is 9.62 Å². The fraction of sp³-hybridized carbons (Fsp3) is 0.409. The summed E-state index contributed by atoms with van der Waals surface area (Å²) in [5.74, 6) is -1.64. The average molecular weight is 495 g/mol. The summed E-state index contributed by atoms with van der Waals surface area (Å²) in [7, 11) is -3.82. The summed E-state index contributed by atoms with van der Waals surface area (Å²) >= 11 is 1.43. The maximum absolute atomic E-state index is 12.5. The van der Waals surface area contributed by atoms with Crippen LogP contribution in [0.3, 0.4) is 0 Å². The van der Waals surface area contributed by atoms with Gasteiger partial charge in [0.05, 0.1) is 23.0 Å². The molecule has 0 unspecified atom stereocenters. The molecule has 1 aliphatic rings. The SMILES string of the molecule is CCOC(=O)C1CCN(C(=O)COC(=O)c2cccc(S(=O)(=O)NCc3cccs3)c2)CC1. The summed E-state index contributed by atoms with van der Waals surface area (Å²) in [6, 6.07) is 9.11. The van der Waals surface area contributed by atoms with Crippen LogP contribution in [-0.2, 0) is 35.6 Å². The van der Waals surface area contributed by atoms with Crippen LogP contribution in [0.25, 0.3) is 0 Å². The zero-order valence-corrected chi connectivity index (χ0v) is 19.8. The van der Waals surface area contributed by atoms with Gasteiger partial charge < -0.3 is 14.4 Å². The monoisotopic (exact) mass is 494 g/mol. The van der Waals surface area contributed by atoms with Crippen LogP contribution >= 0.6 is 11.3 Å². The van der Waals surface area contributed by atoms with E-state index in [-0.39, 0.29) is 34.8 Å². The van der Waals surface area contributed by atoms with Gasteiger partial charge >= 0.3 is 11.9 Å². The highest BCUT2D eigenvalue weighted by Crippen LogP contribution is 2.19. The second-order valence-corrected chi connectivity index (χ2v) is 10.2. The zero-order chi connectivity index (χ0) is 23.8. The van der Waals surface area contributed by atoms with E-state index in [4.69, 9.17) is 9.47 Å². The fourth-order valence-electron chi connectivity index (χ4n) is 3.38.